The summed E-state index contributed by atoms with van der Waals surface area (Å²) >= 11 is 0. The van der Waals surface area contributed by atoms with Crippen LogP contribution in [0.25, 0.3) is 0 Å². The van der Waals surface area contributed by atoms with Crippen LogP contribution < -0.4 is 5.32 Å². The summed E-state index contributed by atoms with van der Waals surface area (Å²) in [7, 11) is 0. The van der Waals surface area contributed by atoms with Gasteiger partial charge in [0, 0.05) is 28.7 Å². The Morgan fingerprint density at radius 2 is 2.08 bits per heavy atom. The summed E-state index contributed by atoms with van der Waals surface area (Å²) in [6.07, 6.45) is 1.12. The van der Waals surface area contributed by atoms with Crippen LogP contribution in [0.4, 0.5) is 5.82 Å². The van der Waals surface area contributed by atoms with E-state index in [4.69, 9.17) is 5.26 Å². The standard InChI is InChI=1S/C21H21N3O/c1-5-14-6-9-18-17(10-14)19(25)11-15-7-8-16(12-22)24-20(15)23-13(2)21(18,3)4/h6-10H,2,5,11H2,1,3-4H3,(H,23,24). The van der Waals surface area contributed by atoms with E-state index in [2.05, 4.69) is 29.9 Å². The number of carbonyl (C=O) groups excluding carboxylic acids is 1. The molecule has 0 bridgehead atoms. The molecule has 0 aliphatic carbocycles. The van der Waals surface area contributed by atoms with Gasteiger partial charge in [0.2, 0.25) is 0 Å². The van der Waals surface area contributed by atoms with E-state index < -0.39 is 5.41 Å². The highest BCUT2D eigenvalue weighted by Crippen LogP contribution is 2.36. The first kappa shape index (κ1) is 16.9. The molecule has 1 aromatic heterocycles. The zero-order valence-corrected chi connectivity index (χ0v) is 14.8. The summed E-state index contributed by atoms with van der Waals surface area (Å²) in [5.74, 6) is 0.594. The smallest absolute Gasteiger partial charge is 0.167 e. The molecule has 2 heterocycles. The molecule has 1 aromatic carbocycles. The van der Waals surface area contributed by atoms with Gasteiger partial charge in [0.15, 0.2) is 5.78 Å². The minimum atomic E-state index is -0.455. The number of aryl methyl sites for hydroxylation is 1. The lowest BCUT2D eigenvalue weighted by molar-refractivity contribution is 0.0991. The van der Waals surface area contributed by atoms with E-state index in [9.17, 15) is 4.79 Å². The number of hydrogen-bond donors (Lipinski definition) is 1. The maximum absolute atomic E-state index is 13.0. The zero-order valence-electron chi connectivity index (χ0n) is 14.8. The molecule has 2 aromatic rings. The van der Waals surface area contributed by atoms with Gasteiger partial charge in [0.05, 0.1) is 0 Å². The van der Waals surface area contributed by atoms with Crippen LogP contribution >= 0.6 is 0 Å². The van der Waals surface area contributed by atoms with E-state index in [0.717, 1.165) is 34.4 Å². The number of fused-ring (bicyclic) bond motifs is 2. The summed E-state index contributed by atoms with van der Waals surface area (Å²) < 4.78 is 0. The number of hydrogen-bond acceptors (Lipinski definition) is 4. The summed E-state index contributed by atoms with van der Waals surface area (Å²) in [6.45, 7) is 10.3. The molecule has 1 aliphatic heterocycles. The van der Waals surface area contributed by atoms with Gasteiger partial charge < -0.3 is 5.32 Å². The number of rotatable bonds is 1. The zero-order chi connectivity index (χ0) is 18.2. The molecular formula is C21H21N3O. The van der Waals surface area contributed by atoms with Gasteiger partial charge in [-0.25, -0.2) is 4.98 Å². The molecule has 3 rings (SSSR count). The van der Waals surface area contributed by atoms with E-state index in [1.165, 1.54) is 0 Å². The third-order valence-corrected chi connectivity index (χ3v) is 4.93. The van der Waals surface area contributed by atoms with Crippen molar-refractivity contribution in [2.75, 3.05) is 5.32 Å². The largest absolute Gasteiger partial charge is 0.343 e. The first-order valence-electron chi connectivity index (χ1n) is 8.39. The van der Waals surface area contributed by atoms with E-state index >= 15 is 0 Å². The molecule has 0 fully saturated rings. The van der Waals surface area contributed by atoms with Crippen molar-refractivity contribution < 1.29 is 4.79 Å². The van der Waals surface area contributed by atoms with Gasteiger partial charge >= 0.3 is 0 Å². The molecule has 0 saturated heterocycles. The van der Waals surface area contributed by atoms with Gasteiger partial charge in [-0.05, 0) is 29.7 Å². The molecule has 0 radical (unpaired) electrons. The molecule has 126 valence electrons. The highest BCUT2D eigenvalue weighted by molar-refractivity contribution is 6.00. The van der Waals surface area contributed by atoms with Crippen LogP contribution in [-0.2, 0) is 18.3 Å². The minimum absolute atomic E-state index is 0.0580. The van der Waals surface area contributed by atoms with Crippen LogP contribution in [0.5, 0.6) is 0 Å². The lowest BCUT2D eigenvalue weighted by atomic mass is 9.77. The fraction of sp³-hybridized carbons (Fsp3) is 0.286. The Labute approximate surface area is 148 Å². The van der Waals surface area contributed by atoms with E-state index in [1.54, 1.807) is 12.1 Å². The highest BCUT2D eigenvalue weighted by Gasteiger charge is 2.31. The SMILES string of the molecule is C=C1Nc2nc(C#N)ccc2CC(=O)c2cc(CC)ccc2C1(C)C. The number of nitrogens with one attached hydrogen (secondary N) is 1. The number of benzene rings is 1. The second-order valence-electron chi connectivity index (χ2n) is 6.88. The highest BCUT2D eigenvalue weighted by atomic mass is 16.1. The number of aromatic nitrogens is 1. The summed E-state index contributed by atoms with van der Waals surface area (Å²) in [5.41, 5.74) is 4.22. The summed E-state index contributed by atoms with van der Waals surface area (Å²) in [6, 6.07) is 11.6. The quantitative estimate of drug-likeness (QED) is 0.852. The predicted molar refractivity (Wildman–Crippen MR) is 98.6 cm³/mol. The molecule has 0 amide bonds. The van der Waals surface area contributed by atoms with Gasteiger partial charge in [0.1, 0.15) is 17.6 Å². The Bertz CT molecular complexity index is 919. The van der Waals surface area contributed by atoms with Crippen molar-refractivity contribution in [1.82, 2.24) is 4.98 Å². The van der Waals surface area contributed by atoms with Gasteiger partial charge in [-0.2, -0.15) is 5.26 Å². The summed E-state index contributed by atoms with van der Waals surface area (Å²) in [4.78, 5) is 17.4. The van der Waals surface area contributed by atoms with Crippen molar-refractivity contribution in [3.05, 3.63) is 70.6 Å². The van der Waals surface area contributed by atoms with Crippen molar-refractivity contribution in [3.63, 3.8) is 0 Å². The molecule has 25 heavy (non-hydrogen) atoms. The number of anilines is 1. The first-order valence-corrected chi connectivity index (χ1v) is 8.39. The van der Waals surface area contributed by atoms with Crippen LogP contribution in [0, 0.1) is 11.3 Å². The van der Waals surface area contributed by atoms with Crippen LogP contribution in [0.3, 0.4) is 0 Å². The fourth-order valence-electron chi connectivity index (χ4n) is 3.12. The molecule has 1 aliphatic rings. The van der Waals surface area contributed by atoms with Crippen molar-refractivity contribution in [3.8, 4) is 6.07 Å². The van der Waals surface area contributed by atoms with Crippen molar-refractivity contribution in [1.29, 1.82) is 5.26 Å². The molecule has 4 nitrogen and oxygen atoms in total. The second-order valence-corrected chi connectivity index (χ2v) is 6.88. The number of pyridine rings is 1. The average molecular weight is 331 g/mol. The van der Waals surface area contributed by atoms with Crippen molar-refractivity contribution in [2.24, 2.45) is 0 Å². The number of nitrogens with zero attached hydrogens (tertiary/aromatic N) is 2. The lowest BCUT2D eigenvalue weighted by Crippen LogP contribution is -2.26. The van der Waals surface area contributed by atoms with Crippen LogP contribution in [0.15, 0.2) is 42.6 Å². The molecule has 4 heteroatoms. The molecule has 1 N–H and O–H groups in total. The Morgan fingerprint density at radius 3 is 2.76 bits per heavy atom. The molecule has 0 atom stereocenters. The maximum atomic E-state index is 13.0. The van der Waals surface area contributed by atoms with Gasteiger partial charge in [-0.1, -0.05) is 45.5 Å². The molecule has 0 spiro atoms. The van der Waals surface area contributed by atoms with E-state index in [1.807, 2.05) is 32.0 Å². The normalized spacial score (nSPS) is 15.8. The lowest BCUT2D eigenvalue weighted by Gasteiger charge is -2.30. The third-order valence-electron chi connectivity index (χ3n) is 4.93. The van der Waals surface area contributed by atoms with Crippen LogP contribution in [0.1, 0.15) is 53.5 Å². The van der Waals surface area contributed by atoms with Crippen molar-refractivity contribution in [2.45, 2.75) is 39.0 Å². The number of nitriles is 1. The number of ketones is 1. The topological polar surface area (TPSA) is 65.8 Å². The van der Waals surface area contributed by atoms with Crippen LogP contribution in [-0.4, -0.2) is 10.8 Å². The van der Waals surface area contributed by atoms with Gasteiger partial charge in [-0.3, -0.25) is 4.79 Å². The third kappa shape index (κ3) is 2.94. The Balaban J connectivity index is 2.22. The maximum Gasteiger partial charge on any atom is 0.167 e. The van der Waals surface area contributed by atoms with Gasteiger partial charge in [-0.15, -0.1) is 0 Å². The van der Waals surface area contributed by atoms with Crippen LogP contribution in [0.2, 0.25) is 0 Å². The average Bonchev–Trinajstić information content (AvgIpc) is 2.64. The molecule has 0 unspecified atom stereocenters. The first-order chi connectivity index (χ1) is 11.9. The second kappa shape index (κ2) is 6.18. The molecular weight excluding hydrogens is 310 g/mol. The monoisotopic (exact) mass is 331 g/mol. The predicted octanol–water partition coefficient (Wildman–Crippen LogP) is 4.16. The molecule has 0 saturated carbocycles. The Kier molecular flexibility index (Phi) is 4.18. The number of Topliss-reactive ketones (excluding diaryl/α,β-unsaturated/α-hetero) is 1. The van der Waals surface area contributed by atoms with E-state index in [0.29, 0.717) is 11.5 Å². The number of carbonyl (C=O) groups is 1. The summed E-state index contributed by atoms with van der Waals surface area (Å²) in [5, 5.41) is 12.4. The Morgan fingerprint density at radius 1 is 1.32 bits per heavy atom. The van der Waals surface area contributed by atoms with E-state index in [-0.39, 0.29) is 12.2 Å². The fourth-order valence-corrected chi connectivity index (χ4v) is 3.12. The van der Waals surface area contributed by atoms with Crippen molar-refractivity contribution >= 4 is 11.6 Å². The minimum Gasteiger partial charge on any atom is -0.343 e. The van der Waals surface area contributed by atoms with Gasteiger partial charge in [0.25, 0.3) is 0 Å². The Hall–Kier alpha value is -2.93. The number of allylic oxidation sites excluding steroid dienone is 1.